The second-order valence-corrected chi connectivity index (χ2v) is 8.65. The fourth-order valence-corrected chi connectivity index (χ4v) is 5.13. The van der Waals surface area contributed by atoms with Gasteiger partial charge < -0.3 is 0 Å². The van der Waals surface area contributed by atoms with Gasteiger partial charge >= 0.3 is 0 Å². The fraction of sp³-hybridized carbons (Fsp3) is 0.136. The van der Waals surface area contributed by atoms with Crippen LogP contribution >= 0.6 is 0 Å². The van der Waals surface area contributed by atoms with Crippen molar-refractivity contribution in [2.24, 2.45) is 0 Å². The number of aryl methyl sites for hydroxylation is 1. The van der Waals surface area contributed by atoms with Crippen molar-refractivity contribution in [2.75, 3.05) is 4.31 Å². The number of hydrogen-bond donors (Lipinski definition) is 0. The molecule has 1 aliphatic rings. The number of Topliss-reactive ketones (excluding diaryl/α,β-unsaturated/α-hetero) is 1. The Hall–Kier alpha value is -2.99. The first-order valence-corrected chi connectivity index (χ1v) is 10.3. The van der Waals surface area contributed by atoms with Crippen LogP contribution in [0.4, 0.5) is 10.1 Å². The van der Waals surface area contributed by atoms with E-state index in [9.17, 15) is 17.6 Å². The molecule has 0 fully saturated rings. The Kier molecular flexibility index (Phi) is 4.51. The maximum Gasteiger partial charge on any atom is 0.265 e. The zero-order valence-corrected chi connectivity index (χ0v) is 16.0. The normalized spacial score (nSPS) is 16.1. The van der Waals surface area contributed by atoms with Gasteiger partial charge in [-0.05, 0) is 55.0 Å². The van der Waals surface area contributed by atoms with Crippen molar-refractivity contribution in [2.45, 2.75) is 24.3 Å². The molecule has 0 bridgehead atoms. The lowest BCUT2D eigenvalue weighted by atomic mass is 10.0. The summed E-state index contributed by atoms with van der Waals surface area (Å²) in [5, 5.41) is 0. The van der Waals surface area contributed by atoms with Gasteiger partial charge in [0.2, 0.25) is 0 Å². The van der Waals surface area contributed by atoms with E-state index in [1.54, 1.807) is 36.4 Å². The molecule has 1 heterocycles. The average molecular weight is 395 g/mol. The van der Waals surface area contributed by atoms with E-state index in [2.05, 4.69) is 0 Å². The van der Waals surface area contributed by atoms with Crippen molar-refractivity contribution >= 4 is 21.5 Å². The summed E-state index contributed by atoms with van der Waals surface area (Å²) < 4.78 is 41.3. The molecule has 0 spiro atoms. The lowest BCUT2D eigenvalue weighted by Crippen LogP contribution is -2.42. The van der Waals surface area contributed by atoms with E-state index in [4.69, 9.17) is 0 Å². The first kappa shape index (κ1) is 18.4. The number of carbonyl (C=O) groups is 1. The Morgan fingerprint density at radius 2 is 1.61 bits per heavy atom. The molecule has 4 nitrogen and oxygen atoms in total. The molecule has 3 aromatic carbocycles. The van der Waals surface area contributed by atoms with Crippen LogP contribution in [-0.2, 0) is 16.4 Å². The van der Waals surface area contributed by atoms with Gasteiger partial charge in [0, 0.05) is 12.0 Å². The Morgan fingerprint density at radius 3 is 2.29 bits per heavy atom. The fourth-order valence-electron chi connectivity index (χ4n) is 3.48. The molecule has 0 unspecified atom stereocenters. The van der Waals surface area contributed by atoms with Crippen molar-refractivity contribution in [1.82, 2.24) is 0 Å². The van der Waals surface area contributed by atoms with Crippen molar-refractivity contribution in [3.8, 4) is 0 Å². The molecule has 0 amide bonds. The van der Waals surface area contributed by atoms with Gasteiger partial charge in [-0.25, -0.2) is 12.8 Å². The van der Waals surface area contributed by atoms with Crippen LogP contribution in [0.25, 0.3) is 0 Å². The Labute approximate surface area is 163 Å². The molecular weight excluding hydrogens is 377 g/mol. The third-order valence-corrected chi connectivity index (χ3v) is 6.77. The molecule has 0 saturated carbocycles. The highest BCUT2D eigenvalue weighted by molar-refractivity contribution is 7.93. The molecule has 1 aliphatic heterocycles. The molecule has 0 N–H and O–H groups in total. The largest absolute Gasteiger partial charge is 0.292 e. The Bertz CT molecular complexity index is 1140. The van der Waals surface area contributed by atoms with E-state index in [-0.39, 0.29) is 22.7 Å². The molecule has 1 atom stereocenters. The van der Waals surface area contributed by atoms with Crippen molar-refractivity contribution in [3.05, 3.63) is 95.3 Å². The molecule has 0 aromatic heterocycles. The van der Waals surface area contributed by atoms with Gasteiger partial charge in [-0.2, -0.15) is 0 Å². The zero-order chi connectivity index (χ0) is 19.9. The van der Waals surface area contributed by atoms with Gasteiger partial charge in [0.15, 0.2) is 5.78 Å². The smallest absolute Gasteiger partial charge is 0.265 e. The topological polar surface area (TPSA) is 54.5 Å². The number of nitrogens with zero attached hydrogens (tertiary/aromatic N) is 1. The number of para-hydroxylation sites is 1. The first-order valence-electron chi connectivity index (χ1n) is 8.87. The summed E-state index contributed by atoms with van der Waals surface area (Å²) >= 11 is 0. The number of ketones is 1. The lowest BCUT2D eigenvalue weighted by molar-refractivity contribution is 0.0966. The molecule has 4 rings (SSSR count). The van der Waals surface area contributed by atoms with E-state index in [0.717, 1.165) is 11.1 Å². The summed E-state index contributed by atoms with van der Waals surface area (Å²) in [6.07, 6.45) is 0.275. The number of anilines is 1. The van der Waals surface area contributed by atoms with Crippen LogP contribution in [-0.4, -0.2) is 20.2 Å². The first-order chi connectivity index (χ1) is 13.4. The SMILES string of the molecule is Cc1ccc(S(=O)(=O)N2c3ccccc3C[C@@H]2C(=O)c2ccc(F)cc2)cc1. The summed E-state index contributed by atoms with van der Waals surface area (Å²) in [5.74, 6) is -0.803. The van der Waals surface area contributed by atoms with E-state index in [0.29, 0.717) is 5.69 Å². The van der Waals surface area contributed by atoms with E-state index in [1.807, 2.05) is 19.1 Å². The summed E-state index contributed by atoms with van der Waals surface area (Å²) in [6, 6.07) is 17.9. The third-order valence-electron chi connectivity index (χ3n) is 4.93. The quantitative estimate of drug-likeness (QED) is 0.624. The van der Waals surface area contributed by atoms with Gasteiger partial charge in [0.25, 0.3) is 10.0 Å². The Balaban J connectivity index is 1.81. The minimum Gasteiger partial charge on any atom is -0.292 e. The highest BCUT2D eigenvalue weighted by atomic mass is 32.2. The van der Waals surface area contributed by atoms with Crippen LogP contribution < -0.4 is 4.31 Å². The number of benzene rings is 3. The van der Waals surface area contributed by atoms with Crippen molar-refractivity contribution in [1.29, 1.82) is 0 Å². The monoisotopic (exact) mass is 395 g/mol. The summed E-state index contributed by atoms with van der Waals surface area (Å²) in [6.45, 7) is 1.88. The van der Waals surface area contributed by atoms with E-state index >= 15 is 0 Å². The third kappa shape index (κ3) is 3.10. The molecule has 6 heteroatoms. The number of rotatable bonds is 4. The summed E-state index contributed by atoms with van der Waals surface area (Å²) in [7, 11) is -3.94. The van der Waals surface area contributed by atoms with Gasteiger partial charge in [0.1, 0.15) is 11.9 Å². The van der Waals surface area contributed by atoms with Crippen LogP contribution in [0.15, 0.2) is 77.7 Å². The van der Waals surface area contributed by atoms with E-state index in [1.165, 1.54) is 28.6 Å². The number of sulfonamides is 1. The second kappa shape index (κ2) is 6.87. The number of halogens is 1. The molecule has 0 aliphatic carbocycles. The molecule has 0 radical (unpaired) electrons. The summed E-state index contributed by atoms with van der Waals surface area (Å²) in [4.78, 5) is 13.3. The number of fused-ring (bicyclic) bond motifs is 1. The van der Waals surface area contributed by atoms with Crippen molar-refractivity contribution in [3.63, 3.8) is 0 Å². The minimum atomic E-state index is -3.94. The molecule has 3 aromatic rings. The predicted octanol–water partition coefficient (Wildman–Crippen LogP) is 4.14. The molecule has 28 heavy (non-hydrogen) atoms. The predicted molar refractivity (Wildman–Crippen MR) is 106 cm³/mol. The molecule has 142 valence electrons. The average Bonchev–Trinajstić information content (AvgIpc) is 3.09. The summed E-state index contributed by atoms with van der Waals surface area (Å²) in [5.41, 5.74) is 2.52. The highest BCUT2D eigenvalue weighted by Gasteiger charge is 2.42. The minimum absolute atomic E-state index is 0.131. The number of hydrogen-bond acceptors (Lipinski definition) is 3. The van der Waals surface area contributed by atoms with Gasteiger partial charge in [0.05, 0.1) is 10.6 Å². The van der Waals surface area contributed by atoms with Gasteiger partial charge in [-0.3, -0.25) is 9.10 Å². The van der Waals surface area contributed by atoms with Gasteiger partial charge in [-0.15, -0.1) is 0 Å². The van der Waals surface area contributed by atoms with Gasteiger partial charge in [-0.1, -0.05) is 35.9 Å². The van der Waals surface area contributed by atoms with Crippen LogP contribution in [0.2, 0.25) is 0 Å². The van der Waals surface area contributed by atoms with Crippen LogP contribution in [0.3, 0.4) is 0 Å². The van der Waals surface area contributed by atoms with E-state index < -0.39 is 21.9 Å². The second-order valence-electron chi connectivity index (χ2n) is 6.83. The molecule has 0 saturated heterocycles. The number of carbonyl (C=O) groups excluding carboxylic acids is 1. The standard InChI is InChI=1S/C22H18FNO3S/c1-15-6-12-19(13-7-15)28(26,27)24-20-5-3-2-4-17(20)14-21(24)22(25)16-8-10-18(23)11-9-16/h2-13,21H,14H2,1H3/t21-/m1/s1. The van der Waals surface area contributed by atoms with Crippen LogP contribution in [0.1, 0.15) is 21.5 Å². The lowest BCUT2D eigenvalue weighted by Gasteiger charge is -2.26. The maximum absolute atomic E-state index is 13.4. The highest BCUT2D eigenvalue weighted by Crippen LogP contribution is 2.38. The maximum atomic E-state index is 13.4. The van der Waals surface area contributed by atoms with Crippen molar-refractivity contribution < 1.29 is 17.6 Å². The zero-order valence-electron chi connectivity index (χ0n) is 15.2. The van der Waals surface area contributed by atoms with Crippen LogP contribution in [0, 0.1) is 12.7 Å². The Morgan fingerprint density at radius 1 is 0.964 bits per heavy atom. The molecular formula is C22H18FNO3S. The van der Waals surface area contributed by atoms with Crippen LogP contribution in [0.5, 0.6) is 0 Å².